The molecule has 1 aromatic heterocycles. The second-order valence-corrected chi connectivity index (χ2v) is 5.46. The van der Waals surface area contributed by atoms with E-state index in [0.29, 0.717) is 22.2 Å². The van der Waals surface area contributed by atoms with Gasteiger partial charge in [0.15, 0.2) is 6.54 Å². The molecule has 2 aromatic carbocycles. The van der Waals surface area contributed by atoms with Gasteiger partial charge in [-0.05, 0) is 41.6 Å². The Labute approximate surface area is 146 Å². The zero-order valence-corrected chi connectivity index (χ0v) is 13.5. The maximum Gasteiger partial charge on any atom is 0.327 e. The fraction of sp³-hybridized carbons (Fsp3) is 0.125. The van der Waals surface area contributed by atoms with Crippen LogP contribution in [-0.4, -0.2) is 31.3 Å². The Hall–Kier alpha value is -3.00. The molecule has 0 saturated carbocycles. The van der Waals surface area contributed by atoms with Crippen LogP contribution in [-0.2, 0) is 17.9 Å². The number of rotatable bonds is 6. The maximum atomic E-state index is 13.7. The van der Waals surface area contributed by atoms with E-state index in [9.17, 15) is 9.18 Å². The number of hydrogen-bond acceptors (Lipinski definition) is 5. The molecule has 0 bridgehead atoms. The van der Waals surface area contributed by atoms with Gasteiger partial charge in [-0.25, -0.2) is 4.39 Å². The van der Waals surface area contributed by atoms with Gasteiger partial charge in [0.2, 0.25) is 5.82 Å². The Balaban J connectivity index is 1.68. The summed E-state index contributed by atoms with van der Waals surface area (Å²) in [4.78, 5) is 11.6. The van der Waals surface area contributed by atoms with Gasteiger partial charge >= 0.3 is 5.97 Å². The summed E-state index contributed by atoms with van der Waals surface area (Å²) in [5.74, 6) is -0.672. The molecule has 3 aromatic rings. The third kappa shape index (κ3) is 4.10. The van der Waals surface area contributed by atoms with E-state index in [1.54, 1.807) is 30.3 Å². The molecule has 3 rings (SSSR count). The van der Waals surface area contributed by atoms with Gasteiger partial charge in [0.25, 0.3) is 0 Å². The fourth-order valence-electron chi connectivity index (χ4n) is 2.07. The van der Waals surface area contributed by atoms with Crippen LogP contribution in [0.15, 0.2) is 42.5 Å². The Morgan fingerprint density at radius 2 is 2.00 bits per heavy atom. The number of carboxylic acids is 1. The van der Waals surface area contributed by atoms with Gasteiger partial charge in [-0.15, -0.1) is 10.2 Å². The maximum absolute atomic E-state index is 13.7. The van der Waals surface area contributed by atoms with Crippen LogP contribution < -0.4 is 4.74 Å². The number of tetrazole rings is 1. The SMILES string of the molecule is O=C(O)Cn1nnc(-c2ccc(OCc3c(F)cccc3Cl)cc2)n1. The number of ether oxygens (including phenoxy) is 1. The van der Waals surface area contributed by atoms with Crippen LogP contribution in [0.2, 0.25) is 5.02 Å². The normalized spacial score (nSPS) is 10.6. The van der Waals surface area contributed by atoms with Crippen molar-refractivity contribution in [3.8, 4) is 17.1 Å². The van der Waals surface area contributed by atoms with Crippen LogP contribution in [0.4, 0.5) is 4.39 Å². The predicted molar refractivity (Wildman–Crippen MR) is 86.6 cm³/mol. The van der Waals surface area contributed by atoms with E-state index in [1.165, 1.54) is 12.1 Å². The van der Waals surface area contributed by atoms with E-state index in [4.69, 9.17) is 21.4 Å². The first-order valence-corrected chi connectivity index (χ1v) is 7.56. The summed E-state index contributed by atoms with van der Waals surface area (Å²) in [7, 11) is 0. The quantitative estimate of drug-likeness (QED) is 0.725. The van der Waals surface area contributed by atoms with Crippen molar-refractivity contribution in [1.29, 1.82) is 0 Å². The fourth-order valence-corrected chi connectivity index (χ4v) is 2.29. The Morgan fingerprint density at radius 1 is 1.24 bits per heavy atom. The molecule has 9 heteroatoms. The first-order valence-electron chi connectivity index (χ1n) is 7.18. The molecular weight excluding hydrogens is 351 g/mol. The minimum absolute atomic E-state index is 0.00209. The largest absolute Gasteiger partial charge is 0.489 e. The third-order valence-electron chi connectivity index (χ3n) is 3.29. The molecule has 0 spiro atoms. The molecule has 25 heavy (non-hydrogen) atoms. The highest BCUT2D eigenvalue weighted by molar-refractivity contribution is 6.31. The molecule has 7 nitrogen and oxygen atoms in total. The Morgan fingerprint density at radius 3 is 2.68 bits per heavy atom. The van der Waals surface area contributed by atoms with Gasteiger partial charge in [-0.1, -0.05) is 17.7 Å². The van der Waals surface area contributed by atoms with Gasteiger partial charge in [0.05, 0.1) is 5.02 Å². The average molecular weight is 363 g/mol. The molecule has 0 radical (unpaired) electrons. The lowest BCUT2D eigenvalue weighted by atomic mass is 10.2. The molecule has 0 aliphatic heterocycles. The topological polar surface area (TPSA) is 90.1 Å². The summed E-state index contributed by atoms with van der Waals surface area (Å²) in [6, 6.07) is 11.2. The van der Waals surface area contributed by atoms with Gasteiger partial charge in [0, 0.05) is 11.1 Å². The summed E-state index contributed by atoms with van der Waals surface area (Å²) in [6.45, 7) is -0.366. The lowest BCUT2D eigenvalue weighted by Crippen LogP contribution is -2.11. The standard InChI is InChI=1S/C16H12ClFN4O3/c17-13-2-1-3-14(18)12(13)9-25-11-6-4-10(5-7-11)16-19-21-22(20-16)8-15(23)24/h1-7H,8-9H2,(H,23,24). The van der Waals surface area contributed by atoms with Crippen molar-refractivity contribution in [3.05, 3.63) is 58.9 Å². The number of halogens is 2. The molecule has 1 heterocycles. The van der Waals surface area contributed by atoms with Crippen molar-refractivity contribution in [2.75, 3.05) is 0 Å². The van der Waals surface area contributed by atoms with Gasteiger partial charge in [0.1, 0.15) is 18.2 Å². The minimum Gasteiger partial charge on any atom is -0.489 e. The molecule has 128 valence electrons. The van der Waals surface area contributed by atoms with E-state index in [2.05, 4.69) is 15.4 Å². The average Bonchev–Trinajstić information content (AvgIpc) is 3.02. The highest BCUT2D eigenvalue weighted by atomic mass is 35.5. The molecule has 0 atom stereocenters. The van der Waals surface area contributed by atoms with E-state index >= 15 is 0 Å². The molecule has 0 unspecified atom stereocenters. The summed E-state index contributed by atoms with van der Waals surface area (Å²) < 4.78 is 19.2. The number of hydrogen-bond donors (Lipinski definition) is 1. The van der Waals surface area contributed by atoms with Gasteiger partial charge in [-0.2, -0.15) is 4.80 Å². The Bertz CT molecular complexity index is 878. The van der Waals surface area contributed by atoms with Crippen LogP contribution in [0.3, 0.4) is 0 Å². The smallest absolute Gasteiger partial charge is 0.327 e. The second kappa shape index (κ2) is 7.27. The van der Waals surface area contributed by atoms with E-state index in [1.807, 2.05) is 0 Å². The van der Waals surface area contributed by atoms with Crippen molar-refractivity contribution in [1.82, 2.24) is 20.2 Å². The first-order chi connectivity index (χ1) is 12.0. The van der Waals surface area contributed by atoms with Crippen LogP contribution in [0.25, 0.3) is 11.4 Å². The monoisotopic (exact) mass is 362 g/mol. The summed E-state index contributed by atoms with van der Waals surface area (Å²) in [6.07, 6.45) is 0. The molecule has 0 aliphatic carbocycles. The molecule has 0 aliphatic rings. The van der Waals surface area contributed by atoms with Crippen LogP contribution in [0, 0.1) is 5.82 Å². The highest BCUT2D eigenvalue weighted by Crippen LogP contribution is 2.23. The lowest BCUT2D eigenvalue weighted by Gasteiger charge is -2.09. The summed E-state index contributed by atoms with van der Waals surface area (Å²) in [5, 5.41) is 20.4. The van der Waals surface area contributed by atoms with E-state index < -0.39 is 11.8 Å². The van der Waals surface area contributed by atoms with Crippen molar-refractivity contribution < 1.29 is 19.0 Å². The number of carboxylic acid groups (broad SMARTS) is 1. The Kier molecular flexibility index (Phi) is 4.90. The number of benzene rings is 2. The summed E-state index contributed by atoms with van der Waals surface area (Å²) in [5.41, 5.74) is 0.930. The van der Waals surface area contributed by atoms with E-state index in [-0.39, 0.29) is 18.7 Å². The molecular formula is C16H12ClFN4O3. The van der Waals surface area contributed by atoms with Crippen molar-refractivity contribution in [3.63, 3.8) is 0 Å². The zero-order valence-electron chi connectivity index (χ0n) is 12.8. The van der Waals surface area contributed by atoms with Gasteiger partial charge < -0.3 is 9.84 Å². The van der Waals surface area contributed by atoms with Crippen LogP contribution >= 0.6 is 11.6 Å². The highest BCUT2D eigenvalue weighted by Gasteiger charge is 2.10. The summed E-state index contributed by atoms with van der Waals surface area (Å²) >= 11 is 5.95. The molecule has 0 saturated heterocycles. The van der Waals surface area contributed by atoms with Crippen molar-refractivity contribution in [2.24, 2.45) is 0 Å². The van der Waals surface area contributed by atoms with Gasteiger partial charge in [-0.3, -0.25) is 4.79 Å². The molecule has 0 amide bonds. The first kappa shape index (κ1) is 16.8. The van der Waals surface area contributed by atoms with Crippen molar-refractivity contribution in [2.45, 2.75) is 13.2 Å². The number of aromatic nitrogens is 4. The molecule has 1 N–H and O–H groups in total. The zero-order chi connectivity index (χ0) is 17.8. The van der Waals surface area contributed by atoms with E-state index in [0.717, 1.165) is 4.80 Å². The number of carbonyl (C=O) groups is 1. The number of nitrogens with zero attached hydrogens (tertiary/aromatic N) is 4. The third-order valence-corrected chi connectivity index (χ3v) is 3.64. The second-order valence-electron chi connectivity index (χ2n) is 5.05. The number of aliphatic carboxylic acids is 1. The van der Waals surface area contributed by atoms with Crippen molar-refractivity contribution >= 4 is 17.6 Å². The lowest BCUT2D eigenvalue weighted by molar-refractivity contribution is -0.138. The van der Waals surface area contributed by atoms with Crippen LogP contribution in [0.5, 0.6) is 5.75 Å². The minimum atomic E-state index is -1.06. The molecule has 0 fully saturated rings. The predicted octanol–water partition coefficient (Wildman–Crippen LogP) is 2.80. The van der Waals surface area contributed by atoms with Crippen LogP contribution in [0.1, 0.15) is 5.56 Å².